The molecule has 0 saturated carbocycles. The average Bonchev–Trinajstić information content (AvgIpc) is 3.19. The van der Waals surface area contributed by atoms with Gasteiger partial charge < -0.3 is 14.7 Å². The zero-order valence-electron chi connectivity index (χ0n) is 18.6. The fourth-order valence-electron chi connectivity index (χ4n) is 3.66. The molecule has 10 nitrogen and oxygen atoms in total. The minimum Gasteiger partial charge on any atom is -0.372 e. The third kappa shape index (κ3) is 4.78. The van der Waals surface area contributed by atoms with Gasteiger partial charge in [-0.1, -0.05) is 11.3 Å². The lowest BCUT2D eigenvalue weighted by molar-refractivity contribution is -0.384. The molecule has 3 aromatic rings. The van der Waals surface area contributed by atoms with E-state index in [2.05, 4.69) is 15.2 Å². The number of nitrogens with zero attached hydrogens (tertiary/aromatic N) is 5. The maximum atomic E-state index is 12.8. The summed E-state index contributed by atoms with van der Waals surface area (Å²) in [6, 6.07) is 9.64. The molecule has 0 aliphatic carbocycles. The van der Waals surface area contributed by atoms with Crippen molar-refractivity contribution in [1.82, 2.24) is 14.8 Å². The largest absolute Gasteiger partial charge is 0.372 e. The standard InChI is InChI=1S/C22H24N6O4S/c1-25(2)17-7-5-14(12-18(17)28(31)32)20(29)24-22-23-16-6-4-15(13-19(16)33-22)21(30)27-10-8-26(3)9-11-27/h4-7,12-13H,8-11H2,1-3H3,(H,23,24,29). The highest BCUT2D eigenvalue weighted by molar-refractivity contribution is 7.22. The van der Waals surface area contributed by atoms with Crippen molar-refractivity contribution in [2.75, 3.05) is 57.5 Å². The molecular weight excluding hydrogens is 444 g/mol. The Morgan fingerprint density at radius 3 is 2.45 bits per heavy atom. The zero-order valence-corrected chi connectivity index (χ0v) is 19.4. The Balaban J connectivity index is 1.52. The molecule has 1 aliphatic rings. The molecule has 33 heavy (non-hydrogen) atoms. The first-order valence-electron chi connectivity index (χ1n) is 10.4. The number of nitro benzene ring substituents is 1. The molecule has 11 heteroatoms. The van der Waals surface area contributed by atoms with E-state index < -0.39 is 10.8 Å². The van der Waals surface area contributed by atoms with Crippen LogP contribution in [0.4, 0.5) is 16.5 Å². The highest BCUT2D eigenvalue weighted by Crippen LogP contribution is 2.30. The number of benzene rings is 2. The van der Waals surface area contributed by atoms with Crippen LogP contribution in [0.25, 0.3) is 10.2 Å². The number of likely N-dealkylation sites (N-methyl/N-ethyl adjacent to an activating group) is 1. The fourth-order valence-corrected chi connectivity index (χ4v) is 4.56. The van der Waals surface area contributed by atoms with E-state index in [4.69, 9.17) is 0 Å². The topological polar surface area (TPSA) is 112 Å². The Kier molecular flexibility index (Phi) is 6.25. The molecule has 1 aliphatic heterocycles. The number of rotatable bonds is 5. The molecule has 0 radical (unpaired) electrons. The van der Waals surface area contributed by atoms with Crippen LogP contribution in [-0.2, 0) is 0 Å². The van der Waals surface area contributed by atoms with Gasteiger partial charge in [0, 0.05) is 57.5 Å². The van der Waals surface area contributed by atoms with Crippen molar-refractivity contribution in [3.05, 3.63) is 57.6 Å². The molecule has 1 saturated heterocycles. The number of nitro groups is 1. The summed E-state index contributed by atoms with van der Waals surface area (Å²) in [6.45, 7) is 3.07. The highest BCUT2D eigenvalue weighted by Gasteiger charge is 2.22. The number of piperazine rings is 1. The van der Waals surface area contributed by atoms with E-state index in [0.29, 0.717) is 35.0 Å². The summed E-state index contributed by atoms with van der Waals surface area (Å²) >= 11 is 1.25. The third-order valence-corrected chi connectivity index (χ3v) is 6.50. The molecule has 2 amide bonds. The number of hydrogen-bond acceptors (Lipinski definition) is 8. The van der Waals surface area contributed by atoms with Gasteiger partial charge in [0.15, 0.2) is 5.13 Å². The number of amides is 2. The van der Waals surface area contributed by atoms with Crippen LogP contribution in [0.1, 0.15) is 20.7 Å². The highest BCUT2D eigenvalue weighted by atomic mass is 32.1. The molecule has 0 spiro atoms. The van der Waals surface area contributed by atoms with Crippen molar-refractivity contribution < 1.29 is 14.5 Å². The normalized spacial score (nSPS) is 14.3. The average molecular weight is 469 g/mol. The third-order valence-electron chi connectivity index (χ3n) is 5.56. The fraction of sp³-hybridized carbons (Fsp3) is 0.318. The van der Waals surface area contributed by atoms with Crippen LogP contribution in [0.5, 0.6) is 0 Å². The maximum absolute atomic E-state index is 12.8. The van der Waals surface area contributed by atoms with Gasteiger partial charge in [0.05, 0.1) is 15.1 Å². The lowest BCUT2D eigenvalue weighted by Gasteiger charge is -2.32. The predicted molar refractivity (Wildman–Crippen MR) is 128 cm³/mol. The number of fused-ring (bicyclic) bond motifs is 1. The van der Waals surface area contributed by atoms with Crippen molar-refractivity contribution in [2.24, 2.45) is 0 Å². The van der Waals surface area contributed by atoms with E-state index >= 15 is 0 Å². The first kappa shape index (κ1) is 22.6. The summed E-state index contributed by atoms with van der Waals surface area (Å²) in [4.78, 5) is 46.5. The van der Waals surface area contributed by atoms with E-state index in [9.17, 15) is 19.7 Å². The van der Waals surface area contributed by atoms with Gasteiger partial charge >= 0.3 is 0 Å². The van der Waals surface area contributed by atoms with Gasteiger partial charge in [-0.15, -0.1) is 0 Å². The molecule has 0 atom stereocenters. The van der Waals surface area contributed by atoms with Crippen LogP contribution in [0.2, 0.25) is 0 Å². The minimum absolute atomic E-state index is 0.0164. The first-order valence-corrected chi connectivity index (χ1v) is 11.2. The van der Waals surface area contributed by atoms with Crippen LogP contribution in [0.15, 0.2) is 36.4 Å². The first-order chi connectivity index (χ1) is 15.7. The Hall–Kier alpha value is -3.57. The Bertz CT molecular complexity index is 1230. The monoisotopic (exact) mass is 468 g/mol. The molecule has 4 rings (SSSR count). The van der Waals surface area contributed by atoms with Crippen LogP contribution >= 0.6 is 11.3 Å². The summed E-state index contributed by atoms with van der Waals surface area (Å²) in [5.74, 6) is -0.506. The molecule has 1 N–H and O–H groups in total. The smallest absolute Gasteiger partial charge is 0.293 e. The predicted octanol–water partition coefficient (Wildman–Crippen LogP) is 2.91. The van der Waals surface area contributed by atoms with E-state index in [1.54, 1.807) is 43.3 Å². The van der Waals surface area contributed by atoms with E-state index in [1.165, 1.54) is 23.5 Å². The van der Waals surface area contributed by atoms with Crippen molar-refractivity contribution in [2.45, 2.75) is 0 Å². The van der Waals surface area contributed by atoms with Gasteiger partial charge in [-0.2, -0.15) is 0 Å². The van der Waals surface area contributed by atoms with Crippen molar-refractivity contribution in [3.8, 4) is 0 Å². The summed E-state index contributed by atoms with van der Waals surface area (Å²) in [5, 5.41) is 14.5. The van der Waals surface area contributed by atoms with Crippen molar-refractivity contribution in [1.29, 1.82) is 0 Å². The van der Waals surface area contributed by atoms with Gasteiger partial charge in [-0.25, -0.2) is 4.98 Å². The number of thiazole rings is 1. The number of aromatic nitrogens is 1. The molecule has 172 valence electrons. The molecule has 2 aromatic carbocycles. The number of carbonyl (C=O) groups is 2. The molecule has 1 aromatic heterocycles. The van der Waals surface area contributed by atoms with Crippen molar-refractivity contribution >= 4 is 49.9 Å². The summed E-state index contributed by atoms with van der Waals surface area (Å²) < 4.78 is 0.777. The Labute approximate surface area is 194 Å². The second-order valence-electron chi connectivity index (χ2n) is 8.11. The molecule has 2 heterocycles. The quantitative estimate of drug-likeness (QED) is 0.453. The van der Waals surface area contributed by atoms with Crippen LogP contribution in [0.3, 0.4) is 0 Å². The summed E-state index contributed by atoms with van der Waals surface area (Å²) in [7, 11) is 5.44. The second kappa shape index (κ2) is 9.12. The van der Waals surface area contributed by atoms with Gasteiger partial charge in [-0.3, -0.25) is 25.0 Å². The second-order valence-corrected chi connectivity index (χ2v) is 9.14. The van der Waals surface area contributed by atoms with Crippen LogP contribution in [0, 0.1) is 10.1 Å². The SMILES string of the molecule is CN1CCN(C(=O)c2ccc3nc(NC(=O)c4ccc(N(C)C)c([N+](=O)[O-])c4)sc3c2)CC1. The summed E-state index contributed by atoms with van der Waals surface area (Å²) in [6.07, 6.45) is 0. The number of carbonyl (C=O) groups excluding carboxylic acids is 2. The molecule has 0 unspecified atom stereocenters. The minimum atomic E-state index is -0.511. The lowest BCUT2D eigenvalue weighted by Crippen LogP contribution is -2.47. The summed E-state index contributed by atoms with van der Waals surface area (Å²) in [5.41, 5.74) is 1.68. The van der Waals surface area contributed by atoms with Crippen molar-refractivity contribution in [3.63, 3.8) is 0 Å². The number of nitrogens with one attached hydrogen (secondary N) is 1. The van der Waals surface area contributed by atoms with Crippen LogP contribution in [-0.4, -0.2) is 78.8 Å². The van der Waals surface area contributed by atoms with Gasteiger partial charge in [0.2, 0.25) is 0 Å². The lowest BCUT2D eigenvalue weighted by atomic mass is 10.1. The van der Waals surface area contributed by atoms with Gasteiger partial charge in [-0.05, 0) is 37.4 Å². The van der Waals surface area contributed by atoms with E-state index in [0.717, 1.165) is 17.8 Å². The zero-order chi connectivity index (χ0) is 23.7. The Morgan fingerprint density at radius 2 is 1.79 bits per heavy atom. The van der Waals surface area contributed by atoms with Gasteiger partial charge in [0.1, 0.15) is 5.69 Å². The van der Waals surface area contributed by atoms with E-state index in [-0.39, 0.29) is 17.2 Å². The van der Waals surface area contributed by atoms with Gasteiger partial charge in [0.25, 0.3) is 17.5 Å². The van der Waals surface area contributed by atoms with E-state index in [1.807, 2.05) is 11.9 Å². The molecule has 1 fully saturated rings. The number of hydrogen-bond donors (Lipinski definition) is 1. The molecular formula is C22H24N6O4S. The Morgan fingerprint density at radius 1 is 1.09 bits per heavy atom. The molecule has 0 bridgehead atoms. The maximum Gasteiger partial charge on any atom is 0.293 e. The van der Waals surface area contributed by atoms with Crippen LogP contribution < -0.4 is 10.2 Å². The number of anilines is 2.